The van der Waals surface area contributed by atoms with Crippen molar-refractivity contribution in [2.45, 2.75) is 25.7 Å². The lowest BCUT2D eigenvalue weighted by Gasteiger charge is -2.16. The van der Waals surface area contributed by atoms with E-state index in [0.29, 0.717) is 13.0 Å². The molecule has 6 nitrogen and oxygen atoms in total. The molecule has 5 N–H and O–H groups in total. The molecule has 1 amide bonds. The quantitative estimate of drug-likeness (QED) is 0.812. The van der Waals surface area contributed by atoms with E-state index >= 15 is 0 Å². The molecule has 0 bridgehead atoms. The predicted octanol–water partition coefficient (Wildman–Crippen LogP) is 0.293. The highest BCUT2D eigenvalue weighted by Gasteiger charge is 2.32. The fourth-order valence-corrected chi connectivity index (χ4v) is 2.54. The van der Waals surface area contributed by atoms with Crippen molar-refractivity contribution in [3.8, 4) is 0 Å². The largest absolute Gasteiger partial charge is 0.481 e. The second kappa shape index (κ2) is 9.10. The first-order valence-corrected chi connectivity index (χ1v) is 6.71. The second-order valence-electron chi connectivity index (χ2n) is 5.00. The summed E-state index contributed by atoms with van der Waals surface area (Å²) in [6.07, 6.45) is 2.52. The zero-order valence-corrected chi connectivity index (χ0v) is 11.9. The van der Waals surface area contributed by atoms with E-state index in [1.807, 2.05) is 18.2 Å². The lowest BCUT2D eigenvalue weighted by atomic mass is 10.0. The molecule has 1 aromatic rings. The van der Waals surface area contributed by atoms with E-state index in [-0.39, 0.29) is 29.2 Å². The van der Waals surface area contributed by atoms with E-state index in [9.17, 15) is 9.59 Å². The van der Waals surface area contributed by atoms with Crippen LogP contribution in [0, 0.1) is 5.92 Å². The van der Waals surface area contributed by atoms with Crippen LogP contribution in [0.4, 0.5) is 0 Å². The number of carbonyl (C=O) groups excluding carboxylic acids is 1. The third-order valence-electron chi connectivity index (χ3n) is 3.57. The molecule has 1 fully saturated rings. The number of hydrogen-bond donors (Lipinski definition) is 1. The van der Waals surface area contributed by atoms with Crippen molar-refractivity contribution in [3.63, 3.8) is 0 Å². The number of hydrogen-bond acceptors (Lipinski definition) is 2. The van der Waals surface area contributed by atoms with Gasteiger partial charge in [0.25, 0.3) is 0 Å². The van der Waals surface area contributed by atoms with Gasteiger partial charge in [0.15, 0.2) is 0 Å². The minimum Gasteiger partial charge on any atom is -0.481 e. The van der Waals surface area contributed by atoms with Gasteiger partial charge < -0.3 is 21.0 Å². The molecule has 0 saturated carbocycles. The Bertz CT molecular complexity index is 449. The van der Waals surface area contributed by atoms with Crippen LogP contribution in [-0.4, -0.2) is 45.9 Å². The Morgan fingerprint density at radius 3 is 2.52 bits per heavy atom. The van der Waals surface area contributed by atoms with Crippen LogP contribution in [0.2, 0.25) is 0 Å². The first-order chi connectivity index (χ1) is 9.16. The van der Waals surface area contributed by atoms with Crippen molar-refractivity contribution >= 4 is 11.9 Å². The fourth-order valence-electron chi connectivity index (χ4n) is 2.54. The molecule has 1 aliphatic heterocycles. The van der Waals surface area contributed by atoms with Gasteiger partial charge in [0, 0.05) is 13.1 Å². The van der Waals surface area contributed by atoms with E-state index in [1.54, 1.807) is 4.90 Å². The summed E-state index contributed by atoms with van der Waals surface area (Å²) in [5.74, 6) is -1.19. The number of nitrogens with zero attached hydrogens (tertiary/aromatic N) is 1. The van der Waals surface area contributed by atoms with Crippen molar-refractivity contribution in [2.24, 2.45) is 5.92 Å². The number of aryl methyl sites for hydroxylation is 1. The smallest absolute Gasteiger partial charge is 0.304 e. The van der Waals surface area contributed by atoms with E-state index in [1.165, 1.54) is 5.56 Å². The van der Waals surface area contributed by atoms with Crippen molar-refractivity contribution in [3.05, 3.63) is 35.9 Å². The molecule has 6 heteroatoms. The maximum Gasteiger partial charge on any atom is 0.304 e. The third-order valence-corrected chi connectivity index (χ3v) is 3.57. The van der Waals surface area contributed by atoms with Crippen molar-refractivity contribution < 1.29 is 25.6 Å². The number of likely N-dealkylation sites (tertiary alicyclic amines) is 1. The standard InChI is InChI=1S/C15H19NO3.2H2O/c17-14(18)11-13-8-10-16(15(13)19)9-4-7-12-5-2-1-3-6-12;;/h1-3,5-6,13H,4,7-11H2,(H,17,18);2*1H2. The van der Waals surface area contributed by atoms with Crippen LogP contribution >= 0.6 is 0 Å². The van der Waals surface area contributed by atoms with Gasteiger partial charge in [0.1, 0.15) is 0 Å². The van der Waals surface area contributed by atoms with Gasteiger partial charge in [0.05, 0.1) is 12.3 Å². The monoisotopic (exact) mass is 297 g/mol. The average Bonchev–Trinajstić information content (AvgIpc) is 2.72. The van der Waals surface area contributed by atoms with Gasteiger partial charge in [-0.25, -0.2) is 0 Å². The Balaban J connectivity index is 0.00000200. The summed E-state index contributed by atoms with van der Waals surface area (Å²) in [7, 11) is 0. The number of aliphatic carboxylic acids is 1. The molecule has 21 heavy (non-hydrogen) atoms. The van der Waals surface area contributed by atoms with E-state index in [2.05, 4.69) is 12.1 Å². The first-order valence-electron chi connectivity index (χ1n) is 6.71. The van der Waals surface area contributed by atoms with Gasteiger partial charge in [-0.15, -0.1) is 0 Å². The van der Waals surface area contributed by atoms with Crippen LogP contribution < -0.4 is 0 Å². The number of amides is 1. The number of carboxylic acid groups (broad SMARTS) is 1. The molecule has 0 aromatic heterocycles. The lowest BCUT2D eigenvalue weighted by molar-refractivity contribution is -0.142. The van der Waals surface area contributed by atoms with Gasteiger partial charge in [-0.3, -0.25) is 9.59 Å². The predicted molar refractivity (Wildman–Crippen MR) is 78.9 cm³/mol. The van der Waals surface area contributed by atoms with Crippen LogP contribution in [0.15, 0.2) is 30.3 Å². The van der Waals surface area contributed by atoms with E-state index in [4.69, 9.17) is 5.11 Å². The summed E-state index contributed by atoms with van der Waals surface area (Å²) < 4.78 is 0. The Morgan fingerprint density at radius 1 is 1.24 bits per heavy atom. The SMILES string of the molecule is O.O.O=C(O)CC1CCN(CCCc2ccccc2)C1=O. The summed E-state index contributed by atoms with van der Waals surface area (Å²) in [5.41, 5.74) is 1.27. The van der Waals surface area contributed by atoms with Gasteiger partial charge in [0.2, 0.25) is 5.91 Å². The maximum absolute atomic E-state index is 11.9. The highest BCUT2D eigenvalue weighted by molar-refractivity contribution is 5.84. The summed E-state index contributed by atoms with van der Waals surface area (Å²) in [5, 5.41) is 8.73. The molecule has 1 heterocycles. The molecule has 0 radical (unpaired) electrons. The number of rotatable bonds is 6. The molecule has 0 spiro atoms. The summed E-state index contributed by atoms with van der Waals surface area (Å²) in [4.78, 5) is 24.4. The van der Waals surface area contributed by atoms with Crippen molar-refractivity contribution in [1.29, 1.82) is 0 Å². The van der Waals surface area contributed by atoms with Crippen molar-refractivity contribution in [1.82, 2.24) is 4.90 Å². The van der Waals surface area contributed by atoms with Gasteiger partial charge in [-0.1, -0.05) is 30.3 Å². The summed E-state index contributed by atoms with van der Waals surface area (Å²) in [6, 6.07) is 10.2. The molecule has 1 saturated heterocycles. The molecule has 1 aliphatic rings. The molecule has 0 aliphatic carbocycles. The minimum atomic E-state index is -0.885. The van der Waals surface area contributed by atoms with Crippen LogP contribution in [0.3, 0.4) is 0 Å². The molecule has 1 atom stereocenters. The molecular weight excluding hydrogens is 274 g/mol. The van der Waals surface area contributed by atoms with Gasteiger partial charge in [-0.05, 0) is 24.8 Å². The van der Waals surface area contributed by atoms with Gasteiger partial charge >= 0.3 is 5.97 Å². The Morgan fingerprint density at radius 2 is 1.90 bits per heavy atom. The van der Waals surface area contributed by atoms with Crippen molar-refractivity contribution in [2.75, 3.05) is 13.1 Å². The highest BCUT2D eigenvalue weighted by Crippen LogP contribution is 2.21. The second-order valence-corrected chi connectivity index (χ2v) is 5.00. The molecular formula is C15H23NO5. The normalized spacial score (nSPS) is 17.0. The summed E-state index contributed by atoms with van der Waals surface area (Å²) in [6.45, 7) is 1.43. The summed E-state index contributed by atoms with van der Waals surface area (Å²) >= 11 is 0. The minimum absolute atomic E-state index is 0. The maximum atomic E-state index is 11.9. The lowest BCUT2D eigenvalue weighted by Crippen LogP contribution is -2.29. The molecule has 118 valence electrons. The molecule has 1 unspecified atom stereocenters. The average molecular weight is 297 g/mol. The number of carboxylic acids is 1. The van der Waals surface area contributed by atoms with Crippen LogP contribution in [0.5, 0.6) is 0 Å². The van der Waals surface area contributed by atoms with Crippen LogP contribution in [0.1, 0.15) is 24.8 Å². The van der Waals surface area contributed by atoms with Gasteiger partial charge in [-0.2, -0.15) is 0 Å². The Kier molecular flexibility index (Phi) is 8.26. The van der Waals surface area contributed by atoms with Crippen LogP contribution in [-0.2, 0) is 16.0 Å². The zero-order chi connectivity index (χ0) is 13.7. The molecule has 1 aromatic carbocycles. The molecule has 2 rings (SSSR count). The Hall–Kier alpha value is -1.92. The Labute approximate surface area is 124 Å². The number of benzene rings is 1. The highest BCUT2D eigenvalue weighted by atomic mass is 16.4. The first kappa shape index (κ1) is 19.1. The zero-order valence-electron chi connectivity index (χ0n) is 11.9. The number of carbonyl (C=O) groups is 2. The van der Waals surface area contributed by atoms with Crippen LogP contribution in [0.25, 0.3) is 0 Å². The van der Waals surface area contributed by atoms with E-state index in [0.717, 1.165) is 19.4 Å². The topological polar surface area (TPSA) is 121 Å². The third kappa shape index (κ3) is 5.53. The van der Waals surface area contributed by atoms with E-state index < -0.39 is 5.97 Å². The fraction of sp³-hybridized carbons (Fsp3) is 0.467.